The molecule has 1 heterocycles. The van der Waals surface area contributed by atoms with Crippen molar-refractivity contribution >= 4 is 16.5 Å². The van der Waals surface area contributed by atoms with Crippen molar-refractivity contribution in [2.24, 2.45) is 0 Å². The minimum absolute atomic E-state index is 0.232. The Morgan fingerprint density at radius 1 is 1.30 bits per heavy atom. The molecule has 0 amide bonds. The zero-order valence-corrected chi connectivity index (χ0v) is 11.5. The number of anilines is 1. The van der Waals surface area contributed by atoms with Gasteiger partial charge in [-0.05, 0) is 5.56 Å². The molecule has 108 valence electrons. The van der Waals surface area contributed by atoms with Gasteiger partial charge < -0.3 is 10.1 Å². The zero-order chi connectivity index (χ0) is 14.6. The summed E-state index contributed by atoms with van der Waals surface area (Å²) in [5, 5.41) is 3.10. The highest BCUT2D eigenvalue weighted by Gasteiger charge is 2.33. The fraction of sp³-hybridized carbons (Fsp3) is 0.308. The van der Waals surface area contributed by atoms with E-state index in [1.54, 1.807) is 7.11 Å². The molecule has 0 aliphatic heterocycles. The number of alkyl halides is 3. The summed E-state index contributed by atoms with van der Waals surface area (Å²) in [6, 6.07) is 9.46. The van der Waals surface area contributed by atoms with E-state index in [-0.39, 0.29) is 11.2 Å². The Kier molecular flexibility index (Phi) is 4.61. The van der Waals surface area contributed by atoms with Crippen LogP contribution in [-0.4, -0.2) is 18.6 Å². The lowest BCUT2D eigenvalue weighted by atomic mass is 10.1. The highest BCUT2D eigenvalue weighted by atomic mass is 32.1. The lowest BCUT2D eigenvalue weighted by Gasteiger charge is -2.15. The monoisotopic (exact) mass is 302 g/mol. The third-order valence-electron chi connectivity index (χ3n) is 2.68. The van der Waals surface area contributed by atoms with Gasteiger partial charge in [0.2, 0.25) is 0 Å². The molecule has 0 aliphatic carbocycles. The second-order valence-electron chi connectivity index (χ2n) is 4.04. The number of hydrogen-bond donors (Lipinski definition) is 1. The van der Waals surface area contributed by atoms with E-state index in [4.69, 9.17) is 4.74 Å². The van der Waals surface area contributed by atoms with Crippen LogP contribution in [0, 0.1) is 0 Å². The predicted octanol–water partition coefficient (Wildman–Crippen LogP) is 3.96. The van der Waals surface area contributed by atoms with Crippen LogP contribution in [0.25, 0.3) is 0 Å². The number of benzene rings is 1. The zero-order valence-electron chi connectivity index (χ0n) is 10.6. The molecular formula is C13H13F3N2OS. The minimum Gasteiger partial charge on any atom is -0.375 e. The molecule has 1 atom stereocenters. The lowest BCUT2D eigenvalue weighted by molar-refractivity contribution is -0.134. The van der Waals surface area contributed by atoms with Crippen molar-refractivity contribution < 1.29 is 17.9 Å². The van der Waals surface area contributed by atoms with Gasteiger partial charge in [0, 0.05) is 13.7 Å². The molecule has 20 heavy (non-hydrogen) atoms. The number of hydrogen-bond acceptors (Lipinski definition) is 4. The van der Waals surface area contributed by atoms with Crippen LogP contribution in [0.2, 0.25) is 0 Å². The van der Waals surface area contributed by atoms with Gasteiger partial charge in [0.15, 0.2) is 5.13 Å². The molecule has 1 N–H and O–H groups in total. The van der Waals surface area contributed by atoms with Crippen LogP contribution in [-0.2, 0) is 10.9 Å². The molecule has 0 aliphatic rings. The maximum Gasteiger partial charge on any atom is 0.427 e. The largest absolute Gasteiger partial charge is 0.427 e. The molecule has 7 heteroatoms. The Balaban J connectivity index is 1.99. The smallest absolute Gasteiger partial charge is 0.375 e. The first-order valence-electron chi connectivity index (χ1n) is 5.85. The summed E-state index contributed by atoms with van der Waals surface area (Å²) in [6.45, 7) is 0.353. The minimum atomic E-state index is -4.35. The standard InChI is InChI=1S/C13H13F3N2OS/c1-19-10(9-5-3-2-4-6-9)7-17-12-18-8-11(20-12)13(14,15)16/h2-6,8,10H,7H2,1H3,(H,17,18). The van der Waals surface area contributed by atoms with Gasteiger partial charge in [0.1, 0.15) is 4.88 Å². The van der Waals surface area contributed by atoms with E-state index in [2.05, 4.69) is 10.3 Å². The van der Waals surface area contributed by atoms with E-state index in [1.807, 2.05) is 30.3 Å². The normalized spacial score (nSPS) is 13.2. The molecule has 3 nitrogen and oxygen atoms in total. The summed E-state index contributed by atoms with van der Waals surface area (Å²) < 4.78 is 42.7. The third-order valence-corrected chi connectivity index (χ3v) is 3.68. The second kappa shape index (κ2) is 6.23. The molecular weight excluding hydrogens is 289 g/mol. The summed E-state index contributed by atoms with van der Waals surface area (Å²) in [6.07, 6.45) is -3.76. The highest BCUT2D eigenvalue weighted by molar-refractivity contribution is 7.15. The van der Waals surface area contributed by atoms with Gasteiger partial charge in [-0.3, -0.25) is 0 Å². The number of nitrogens with one attached hydrogen (secondary N) is 1. The first-order chi connectivity index (χ1) is 9.50. The topological polar surface area (TPSA) is 34.1 Å². The van der Waals surface area contributed by atoms with Crippen molar-refractivity contribution in [2.75, 3.05) is 19.0 Å². The first-order valence-corrected chi connectivity index (χ1v) is 6.67. The number of thiazole rings is 1. The fourth-order valence-electron chi connectivity index (χ4n) is 1.67. The van der Waals surface area contributed by atoms with E-state index in [1.165, 1.54) is 0 Å². The van der Waals surface area contributed by atoms with Crippen LogP contribution >= 0.6 is 11.3 Å². The van der Waals surface area contributed by atoms with Crippen LogP contribution in [0.15, 0.2) is 36.5 Å². The van der Waals surface area contributed by atoms with Crippen LogP contribution in [0.4, 0.5) is 18.3 Å². The van der Waals surface area contributed by atoms with Crippen molar-refractivity contribution in [3.8, 4) is 0 Å². The molecule has 2 rings (SSSR count). The molecule has 0 saturated heterocycles. The Hall–Kier alpha value is -1.60. The summed E-state index contributed by atoms with van der Waals surface area (Å²) in [4.78, 5) is 3.00. The Labute approximate surface area is 118 Å². The van der Waals surface area contributed by atoms with E-state index in [0.717, 1.165) is 11.8 Å². The molecule has 1 aromatic carbocycles. The maximum atomic E-state index is 12.4. The van der Waals surface area contributed by atoms with E-state index in [0.29, 0.717) is 17.9 Å². The Morgan fingerprint density at radius 2 is 2.00 bits per heavy atom. The number of ether oxygens (including phenoxy) is 1. The average molecular weight is 302 g/mol. The van der Waals surface area contributed by atoms with Crippen LogP contribution in [0.5, 0.6) is 0 Å². The summed E-state index contributed by atoms with van der Waals surface area (Å²) in [7, 11) is 1.56. The Morgan fingerprint density at radius 3 is 2.55 bits per heavy atom. The van der Waals surface area contributed by atoms with Gasteiger partial charge in [-0.15, -0.1) is 0 Å². The summed E-state index contributed by atoms with van der Waals surface area (Å²) in [5.74, 6) is 0. The lowest BCUT2D eigenvalue weighted by Crippen LogP contribution is -2.14. The van der Waals surface area contributed by atoms with Gasteiger partial charge in [-0.1, -0.05) is 41.7 Å². The summed E-state index contributed by atoms with van der Waals surface area (Å²) in [5.41, 5.74) is 0.954. The molecule has 0 saturated carbocycles. The fourth-order valence-corrected chi connectivity index (χ4v) is 2.36. The van der Waals surface area contributed by atoms with Crippen molar-refractivity contribution in [1.29, 1.82) is 0 Å². The molecule has 2 aromatic rings. The number of nitrogens with zero attached hydrogens (tertiary/aromatic N) is 1. The number of rotatable bonds is 5. The molecule has 0 bridgehead atoms. The van der Waals surface area contributed by atoms with Gasteiger partial charge in [0.05, 0.1) is 12.3 Å². The van der Waals surface area contributed by atoms with Crippen molar-refractivity contribution in [3.05, 3.63) is 47.0 Å². The molecule has 0 radical (unpaired) electrons. The van der Waals surface area contributed by atoms with Gasteiger partial charge in [-0.2, -0.15) is 13.2 Å². The van der Waals surface area contributed by atoms with E-state index < -0.39 is 11.1 Å². The van der Waals surface area contributed by atoms with Crippen molar-refractivity contribution in [1.82, 2.24) is 4.98 Å². The van der Waals surface area contributed by atoms with Crippen molar-refractivity contribution in [2.45, 2.75) is 12.3 Å². The Bertz CT molecular complexity index is 542. The maximum absolute atomic E-state index is 12.4. The summed E-state index contributed by atoms with van der Waals surface area (Å²) >= 11 is 0.585. The van der Waals surface area contributed by atoms with E-state index >= 15 is 0 Å². The number of halogens is 3. The second-order valence-corrected chi connectivity index (χ2v) is 5.07. The van der Waals surface area contributed by atoms with Crippen molar-refractivity contribution in [3.63, 3.8) is 0 Å². The average Bonchev–Trinajstić information content (AvgIpc) is 2.89. The van der Waals surface area contributed by atoms with Crippen LogP contribution < -0.4 is 5.32 Å². The third kappa shape index (κ3) is 3.71. The first kappa shape index (κ1) is 14.8. The number of aromatic nitrogens is 1. The van der Waals surface area contributed by atoms with Gasteiger partial charge in [0.25, 0.3) is 0 Å². The number of methoxy groups -OCH3 is 1. The van der Waals surface area contributed by atoms with Crippen LogP contribution in [0.3, 0.4) is 0 Å². The van der Waals surface area contributed by atoms with Gasteiger partial charge >= 0.3 is 6.18 Å². The SMILES string of the molecule is COC(CNc1ncc(C(F)(F)F)s1)c1ccccc1. The highest BCUT2D eigenvalue weighted by Crippen LogP contribution is 2.35. The molecule has 1 aromatic heterocycles. The van der Waals surface area contributed by atoms with E-state index in [9.17, 15) is 13.2 Å². The quantitative estimate of drug-likeness (QED) is 0.907. The molecule has 0 spiro atoms. The van der Waals surface area contributed by atoms with Gasteiger partial charge in [-0.25, -0.2) is 4.98 Å². The van der Waals surface area contributed by atoms with Crippen LogP contribution in [0.1, 0.15) is 16.5 Å². The molecule has 0 fully saturated rings. The predicted molar refractivity (Wildman–Crippen MR) is 71.8 cm³/mol. The molecule has 1 unspecified atom stereocenters.